The minimum atomic E-state index is -3.17. The smallest absolute Gasteiger partial charge is 0.408 e. The zero-order valence-electron chi connectivity index (χ0n) is 19.1. The van der Waals surface area contributed by atoms with Gasteiger partial charge in [-0.15, -0.1) is 0 Å². The van der Waals surface area contributed by atoms with Gasteiger partial charge >= 0.3 is 6.09 Å². The summed E-state index contributed by atoms with van der Waals surface area (Å²) in [5.74, 6) is 0.703. The molecule has 0 spiro atoms. The molecule has 0 atom stereocenters. The maximum atomic E-state index is 12.2. The molecule has 0 bridgehead atoms. The summed E-state index contributed by atoms with van der Waals surface area (Å²) in [6, 6.07) is 0. The number of hydrogen-bond acceptors (Lipinski definition) is 5. The van der Waals surface area contributed by atoms with Gasteiger partial charge in [-0.3, -0.25) is 4.99 Å². The van der Waals surface area contributed by atoms with Crippen molar-refractivity contribution in [2.45, 2.75) is 78.9 Å². The van der Waals surface area contributed by atoms with Crippen LogP contribution < -0.4 is 20.7 Å². The van der Waals surface area contributed by atoms with Gasteiger partial charge in [-0.05, 0) is 53.9 Å². The van der Waals surface area contributed by atoms with Crippen LogP contribution in [0.15, 0.2) is 4.99 Å². The molecule has 10 heteroatoms. The fourth-order valence-electron chi connectivity index (χ4n) is 2.41. The summed E-state index contributed by atoms with van der Waals surface area (Å²) < 4.78 is 30.8. The number of carbonyl (C=O) groups excluding carboxylic acids is 1. The molecule has 0 aliphatic carbocycles. The molecule has 0 fully saturated rings. The summed E-state index contributed by atoms with van der Waals surface area (Å²) >= 11 is 0. The number of rotatable bonds is 12. The van der Waals surface area contributed by atoms with E-state index in [1.54, 1.807) is 6.92 Å². The Kier molecular flexibility index (Phi) is 12.2. The van der Waals surface area contributed by atoms with Crippen molar-refractivity contribution >= 4 is 22.1 Å². The Morgan fingerprint density at radius 1 is 1.00 bits per heavy atom. The Balaban J connectivity index is 4.85. The van der Waals surface area contributed by atoms with E-state index < -0.39 is 27.3 Å². The molecule has 0 aromatic carbocycles. The van der Waals surface area contributed by atoms with Gasteiger partial charge in [-0.1, -0.05) is 13.8 Å². The Hall–Kier alpha value is -1.55. The van der Waals surface area contributed by atoms with E-state index in [0.29, 0.717) is 51.4 Å². The summed E-state index contributed by atoms with van der Waals surface area (Å²) in [4.78, 5) is 16.9. The number of hydrogen-bond donors (Lipinski definition) is 4. The molecule has 29 heavy (non-hydrogen) atoms. The van der Waals surface area contributed by atoms with E-state index in [0.717, 1.165) is 0 Å². The minimum absolute atomic E-state index is 0.0747. The quantitative estimate of drug-likeness (QED) is 0.211. The predicted molar refractivity (Wildman–Crippen MR) is 119 cm³/mol. The average molecular weight is 436 g/mol. The number of carbonyl (C=O) groups is 1. The van der Waals surface area contributed by atoms with E-state index in [2.05, 4.69) is 25.7 Å². The second-order valence-electron chi connectivity index (χ2n) is 7.89. The molecule has 172 valence electrons. The molecule has 0 aromatic heterocycles. The van der Waals surface area contributed by atoms with Crippen LogP contribution in [-0.4, -0.2) is 63.5 Å². The molecule has 0 rings (SSSR count). The van der Waals surface area contributed by atoms with Gasteiger partial charge in [-0.2, -0.15) is 0 Å². The third kappa shape index (κ3) is 12.6. The topological polar surface area (TPSA) is 121 Å². The number of ether oxygens (including phenoxy) is 1. The Labute approximate surface area is 176 Å². The Morgan fingerprint density at radius 3 is 2.10 bits per heavy atom. The van der Waals surface area contributed by atoms with E-state index in [4.69, 9.17) is 4.74 Å². The minimum Gasteiger partial charge on any atom is -0.444 e. The molecule has 9 nitrogen and oxygen atoms in total. The first-order valence-electron chi connectivity index (χ1n) is 10.4. The molecule has 0 aliphatic rings. The third-order valence-corrected chi connectivity index (χ3v) is 5.76. The van der Waals surface area contributed by atoms with Crippen molar-refractivity contribution in [3.05, 3.63) is 0 Å². The fourth-order valence-corrected chi connectivity index (χ4v) is 3.07. The van der Waals surface area contributed by atoms with Crippen molar-refractivity contribution in [3.8, 4) is 0 Å². The maximum absolute atomic E-state index is 12.2. The SMILES string of the molecule is CCNC(=NCC(CC)(CC)NC(=O)OC(C)(C)C)NCCCNS(=O)(=O)CC. The zero-order chi connectivity index (χ0) is 22.6. The van der Waals surface area contributed by atoms with Crippen LogP contribution in [0.4, 0.5) is 4.79 Å². The Bertz CT molecular complexity index is 611. The normalized spacial score (nSPS) is 13.1. The summed E-state index contributed by atoms with van der Waals surface area (Å²) in [7, 11) is -3.17. The van der Waals surface area contributed by atoms with E-state index in [-0.39, 0.29) is 5.75 Å². The van der Waals surface area contributed by atoms with Crippen LogP contribution in [0.2, 0.25) is 0 Å². The number of sulfonamides is 1. The summed E-state index contributed by atoms with van der Waals surface area (Å²) in [5.41, 5.74) is -1.06. The number of nitrogens with zero attached hydrogens (tertiary/aromatic N) is 1. The first-order valence-corrected chi connectivity index (χ1v) is 12.1. The van der Waals surface area contributed by atoms with Gasteiger partial charge in [0.15, 0.2) is 5.96 Å². The van der Waals surface area contributed by atoms with Crippen molar-refractivity contribution < 1.29 is 17.9 Å². The lowest BCUT2D eigenvalue weighted by Crippen LogP contribution is -2.52. The van der Waals surface area contributed by atoms with Crippen molar-refractivity contribution in [3.63, 3.8) is 0 Å². The van der Waals surface area contributed by atoms with E-state index in [1.807, 2.05) is 41.5 Å². The van der Waals surface area contributed by atoms with Crippen molar-refractivity contribution in [2.75, 3.05) is 31.9 Å². The molecule has 0 saturated heterocycles. The molecule has 0 aliphatic heterocycles. The molecular weight excluding hydrogens is 394 g/mol. The van der Waals surface area contributed by atoms with E-state index in [1.165, 1.54) is 0 Å². The number of alkyl carbamates (subject to hydrolysis) is 1. The molecule has 0 heterocycles. The highest BCUT2D eigenvalue weighted by Crippen LogP contribution is 2.17. The van der Waals surface area contributed by atoms with Gasteiger partial charge in [0.2, 0.25) is 10.0 Å². The Morgan fingerprint density at radius 2 is 1.62 bits per heavy atom. The van der Waals surface area contributed by atoms with Gasteiger partial charge in [-0.25, -0.2) is 17.9 Å². The van der Waals surface area contributed by atoms with Gasteiger partial charge in [0, 0.05) is 19.6 Å². The standard InChI is InChI=1S/C19H41N5O4S/c1-8-19(9-2,24-17(25)28-18(5,6)7)15-22-16(20-10-3)21-13-12-14-23-29(26,27)11-4/h23H,8-15H2,1-7H3,(H,24,25)(H2,20,21,22). The van der Waals surface area contributed by atoms with Gasteiger partial charge in [0.25, 0.3) is 0 Å². The van der Waals surface area contributed by atoms with E-state index in [9.17, 15) is 13.2 Å². The number of guanidine groups is 1. The lowest BCUT2D eigenvalue weighted by molar-refractivity contribution is 0.0452. The van der Waals surface area contributed by atoms with Crippen molar-refractivity contribution in [2.24, 2.45) is 4.99 Å². The summed E-state index contributed by atoms with van der Waals surface area (Å²) in [5, 5.41) is 9.35. The number of nitrogens with one attached hydrogen (secondary N) is 4. The fraction of sp³-hybridized carbons (Fsp3) is 0.895. The molecule has 1 amide bonds. The largest absolute Gasteiger partial charge is 0.444 e. The van der Waals surface area contributed by atoms with Gasteiger partial charge in [0.1, 0.15) is 5.60 Å². The van der Waals surface area contributed by atoms with Gasteiger partial charge < -0.3 is 20.7 Å². The second kappa shape index (κ2) is 12.9. The summed E-state index contributed by atoms with van der Waals surface area (Å²) in [6.07, 6.45) is 1.61. The monoisotopic (exact) mass is 435 g/mol. The first kappa shape index (κ1) is 27.5. The zero-order valence-corrected chi connectivity index (χ0v) is 20.0. The van der Waals surface area contributed by atoms with Crippen LogP contribution in [0.1, 0.15) is 67.7 Å². The van der Waals surface area contributed by atoms with Crippen LogP contribution in [0, 0.1) is 0 Å². The average Bonchev–Trinajstić information content (AvgIpc) is 2.63. The molecule has 0 radical (unpaired) electrons. The highest BCUT2D eigenvalue weighted by atomic mass is 32.2. The third-order valence-electron chi connectivity index (χ3n) is 4.35. The predicted octanol–water partition coefficient (Wildman–Crippen LogP) is 1.95. The summed E-state index contributed by atoms with van der Waals surface area (Å²) in [6.45, 7) is 15.1. The molecule has 0 unspecified atom stereocenters. The molecular formula is C19H41N5O4S. The molecule has 0 saturated carbocycles. The highest BCUT2D eigenvalue weighted by molar-refractivity contribution is 7.89. The highest BCUT2D eigenvalue weighted by Gasteiger charge is 2.30. The van der Waals surface area contributed by atoms with Gasteiger partial charge in [0.05, 0.1) is 17.8 Å². The lowest BCUT2D eigenvalue weighted by Gasteiger charge is -2.32. The number of aliphatic imine (C=N–C) groups is 1. The number of amides is 1. The lowest BCUT2D eigenvalue weighted by atomic mass is 9.93. The van der Waals surface area contributed by atoms with Crippen molar-refractivity contribution in [1.29, 1.82) is 0 Å². The first-order chi connectivity index (χ1) is 13.4. The van der Waals surface area contributed by atoms with Crippen LogP contribution in [0.5, 0.6) is 0 Å². The molecule has 4 N–H and O–H groups in total. The second-order valence-corrected chi connectivity index (χ2v) is 9.98. The van der Waals surface area contributed by atoms with Crippen LogP contribution >= 0.6 is 0 Å². The van der Waals surface area contributed by atoms with Crippen LogP contribution in [0.25, 0.3) is 0 Å². The molecule has 0 aromatic rings. The van der Waals surface area contributed by atoms with Crippen LogP contribution in [-0.2, 0) is 14.8 Å². The van der Waals surface area contributed by atoms with Crippen molar-refractivity contribution in [1.82, 2.24) is 20.7 Å². The van der Waals surface area contributed by atoms with Crippen LogP contribution in [0.3, 0.4) is 0 Å². The maximum Gasteiger partial charge on any atom is 0.408 e. The van der Waals surface area contributed by atoms with E-state index >= 15 is 0 Å².